The molecule has 2 aromatic carbocycles. The van der Waals surface area contributed by atoms with Crippen LogP contribution in [0.3, 0.4) is 0 Å². The van der Waals surface area contributed by atoms with E-state index in [1.54, 1.807) is 0 Å². The number of nitrogens with zero attached hydrogens (tertiary/aromatic N) is 2. The normalized spacial score (nSPS) is 14.6. The second-order valence-corrected chi connectivity index (χ2v) is 6.47. The van der Waals surface area contributed by atoms with Crippen molar-refractivity contribution in [2.24, 2.45) is 10.2 Å². The summed E-state index contributed by atoms with van der Waals surface area (Å²) in [4.78, 5) is 21.8. The summed E-state index contributed by atoms with van der Waals surface area (Å²) < 4.78 is 0. The number of carboxylic acid groups (broad SMARTS) is 2. The van der Waals surface area contributed by atoms with Crippen LogP contribution in [0.2, 0.25) is 0 Å². The largest absolute Gasteiger partial charge is 0.478 e. The Morgan fingerprint density at radius 1 is 0.844 bits per heavy atom. The van der Waals surface area contributed by atoms with Gasteiger partial charge in [-0.1, -0.05) is 0 Å². The van der Waals surface area contributed by atoms with Gasteiger partial charge in [0, 0.05) is 0 Å². The van der Waals surface area contributed by atoms with Gasteiger partial charge in [0.2, 0.25) is 0 Å². The summed E-state index contributed by atoms with van der Waals surface area (Å²) in [5.74, 6) is -2.19. The number of hydrazone groups is 2. The minimum absolute atomic E-state index is 0.0564. The first-order valence-corrected chi connectivity index (χ1v) is 9.17. The fourth-order valence-corrected chi connectivity index (χ4v) is 2.34. The van der Waals surface area contributed by atoms with Gasteiger partial charge in [0.25, 0.3) is 0 Å². The number of aromatic carboxylic acids is 2. The van der Waals surface area contributed by atoms with Crippen LogP contribution in [0.15, 0.2) is 58.7 Å². The van der Waals surface area contributed by atoms with Crippen molar-refractivity contribution in [3.8, 4) is 0 Å². The van der Waals surface area contributed by atoms with Crippen LogP contribution in [-0.4, -0.2) is 79.4 Å². The van der Waals surface area contributed by atoms with Gasteiger partial charge in [0.05, 0.1) is 35.3 Å². The summed E-state index contributed by atoms with van der Waals surface area (Å²) in [5.41, 5.74) is 5.85. The van der Waals surface area contributed by atoms with Crippen molar-refractivity contribution in [1.82, 2.24) is 0 Å². The van der Waals surface area contributed by atoms with Crippen molar-refractivity contribution >= 4 is 35.2 Å². The van der Waals surface area contributed by atoms with Gasteiger partial charge in [0.1, 0.15) is 24.0 Å². The van der Waals surface area contributed by atoms with Gasteiger partial charge in [-0.2, -0.15) is 10.2 Å². The molecule has 32 heavy (non-hydrogen) atoms. The Balaban J connectivity index is 2.18. The van der Waals surface area contributed by atoms with Crippen molar-refractivity contribution in [3.05, 3.63) is 59.7 Å². The standard InChI is InChI=1S/C20H22N4O8/c25-10-16(26)18(28)17(27)15(24-23-14-7-3-12(4-8-14)20(31)32)9-21-22-13-5-1-11(2-6-13)19(29)30/h1-9,16-18,22-23,25-28H,10H2,(H,29,30)(H,31,32)/b21-9+,24-15-. The predicted octanol–water partition coefficient (Wildman–Crippen LogP) is 0.0238. The first-order valence-electron chi connectivity index (χ1n) is 9.17. The highest BCUT2D eigenvalue weighted by atomic mass is 16.4. The Labute approximate surface area is 181 Å². The molecule has 0 fully saturated rings. The number of nitrogens with one attached hydrogen (secondary N) is 2. The van der Waals surface area contributed by atoms with Gasteiger partial charge in [-0.15, -0.1) is 0 Å². The lowest BCUT2D eigenvalue weighted by atomic mass is 10.0. The zero-order valence-corrected chi connectivity index (χ0v) is 16.5. The molecule has 170 valence electrons. The number of hydrogen-bond acceptors (Lipinski definition) is 10. The molecule has 0 amide bonds. The van der Waals surface area contributed by atoms with Crippen LogP contribution in [-0.2, 0) is 0 Å². The molecule has 12 nitrogen and oxygen atoms in total. The molecule has 0 heterocycles. The molecule has 0 bridgehead atoms. The van der Waals surface area contributed by atoms with Gasteiger partial charge in [-0.3, -0.25) is 10.9 Å². The molecule has 12 heteroatoms. The number of hydrogen-bond donors (Lipinski definition) is 8. The Bertz CT molecular complexity index is 976. The quantitative estimate of drug-likeness (QED) is 0.172. The molecule has 3 unspecified atom stereocenters. The number of anilines is 2. The number of carboxylic acids is 2. The Kier molecular flexibility index (Phi) is 8.80. The van der Waals surface area contributed by atoms with E-state index in [1.165, 1.54) is 48.5 Å². The molecule has 0 saturated heterocycles. The molecular weight excluding hydrogens is 424 g/mol. The van der Waals surface area contributed by atoms with E-state index in [1.807, 2.05) is 0 Å². The summed E-state index contributed by atoms with van der Waals surface area (Å²) in [6.07, 6.45) is -4.13. The fraction of sp³-hybridized carbons (Fsp3) is 0.200. The van der Waals surface area contributed by atoms with Crippen molar-refractivity contribution in [1.29, 1.82) is 0 Å². The van der Waals surface area contributed by atoms with Gasteiger partial charge in [0.15, 0.2) is 0 Å². The summed E-state index contributed by atoms with van der Waals surface area (Å²) in [5, 5.41) is 64.5. The molecule has 0 aliphatic heterocycles. The van der Waals surface area contributed by atoms with Crippen molar-refractivity contribution in [3.63, 3.8) is 0 Å². The van der Waals surface area contributed by atoms with E-state index in [9.17, 15) is 24.9 Å². The van der Waals surface area contributed by atoms with E-state index >= 15 is 0 Å². The highest BCUT2D eigenvalue weighted by Gasteiger charge is 2.28. The molecule has 0 radical (unpaired) electrons. The molecule has 2 aromatic rings. The van der Waals surface area contributed by atoms with E-state index < -0.39 is 36.9 Å². The smallest absolute Gasteiger partial charge is 0.335 e. The third-order valence-electron chi connectivity index (χ3n) is 4.18. The van der Waals surface area contributed by atoms with E-state index in [4.69, 9.17) is 15.3 Å². The average molecular weight is 446 g/mol. The topological polar surface area (TPSA) is 204 Å². The number of aliphatic hydroxyl groups is 4. The van der Waals surface area contributed by atoms with Crippen molar-refractivity contribution in [2.75, 3.05) is 17.5 Å². The van der Waals surface area contributed by atoms with Crippen LogP contribution in [0, 0.1) is 0 Å². The average Bonchev–Trinajstić information content (AvgIpc) is 2.80. The third-order valence-corrected chi connectivity index (χ3v) is 4.18. The first-order chi connectivity index (χ1) is 15.2. The van der Waals surface area contributed by atoms with E-state index in [0.717, 1.165) is 6.21 Å². The van der Waals surface area contributed by atoms with Crippen LogP contribution >= 0.6 is 0 Å². The molecule has 0 saturated carbocycles. The molecular formula is C20H22N4O8. The maximum atomic E-state index is 10.9. The number of benzene rings is 2. The molecule has 3 atom stereocenters. The van der Waals surface area contributed by atoms with Crippen LogP contribution in [0.25, 0.3) is 0 Å². The van der Waals surface area contributed by atoms with Crippen LogP contribution in [0.4, 0.5) is 11.4 Å². The van der Waals surface area contributed by atoms with Crippen molar-refractivity contribution in [2.45, 2.75) is 18.3 Å². The molecule has 0 aliphatic rings. The Hall–Kier alpha value is -3.84. The van der Waals surface area contributed by atoms with Gasteiger partial charge >= 0.3 is 11.9 Å². The SMILES string of the molecule is O=C(O)c1ccc(N/N=C(/C=N/Nc2ccc(C(=O)O)cc2)C(O)C(O)C(O)CO)cc1. The van der Waals surface area contributed by atoms with Crippen LogP contribution < -0.4 is 10.9 Å². The minimum Gasteiger partial charge on any atom is -0.478 e. The second kappa shape index (κ2) is 11.5. The van der Waals surface area contributed by atoms with E-state index in [0.29, 0.717) is 11.4 Å². The Morgan fingerprint density at radius 2 is 1.31 bits per heavy atom. The Morgan fingerprint density at radius 3 is 1.75 bits per heavy atom. The summed E-state index contributed by atoms with van der Waals surface area (Å²) in [6.45, 7) is -0.805. The van der Waals surface area contributed by atoms with Gasteiger partial charge in [-0.05, 0) is 48.5 Å². The maximum Gasteiger partial charge on any atom is 0.335 e. The summed E-state index contributed by atoms with van der Waals surface area (Å²) >= 11 is 0. The molecule has 0 spiro atoms. The maximum absolute atomic E-state index is 10.9. The highest BCUT2D eigenvalue weighted by molar-refractivity contribution is 6.33. The van der Waals surface area contributed by atoms with E-state index in [-0.39, 0.29) is 16.8 Å². The van der Waals surface area contributed by atoms with Crippen LogP contribution in [0.1, 0.15) is 20.7 Å². The second-order valence-electron chi connectivity index (χ2n) is 6.47. The minimum atomic E-state index is -1.78. The monoisotopic (exact) mass is 446 g/mol. The summed E-state index contributed by atoms with van der Waals surface area (Å²) in [6, 6.07) is 11.1. The molecule has 0 aliphatic carbocycles. The molecule has 0 aromatic heterocycles. The lowest BCUT2D eigenvalue weighted by Gasteiger charge is -2.21. The van der Waals surface area contributed by atoms with Crippen LogP contribution in [0.5, 0.6) is 0 Å². The predicted molar refractivity (Wildman–Crippen MR) is 115 cm³/mol. The third kappa shape index (κ3) is 6.85. The fourth-order valence-electron chi connectivity index (χ4n) is 2.34. The molecule has 8 N–H and O–H groups in total. The lowest BCUT2D eigenvalue weighted by Crippen LogP contribution is -2.44. The lowest BCUT2D eigenvalue weighted by molar-refractivity contribution is -0.0548. The van der Waals surface area contributed by atoms with Gasteiger partial charge in [-0.25, -0.2) is 9.59 Å². The van der Waals surface area contributed by atoms with Gasteiger partial charge < -0.3 is 30.6 Å². The van der Waals surface area contributed by atoms with E-state index in [2.05, 4.69) is 21.1 Å². The molecule has 2 rings (SSSR count). The number of rotatable bonds is 11. The van der Waals surface area contributed by atoms with Crippen molar-refractivity contribution < 1.29 is 40.2 Å². The number of aliphatic hydroxyl groups excluding tert-OH is 4. The number of carbonyl (C=O) groups is 2. The highest BCUT2D eigenvalue weighted by Crippen LogP contribution is 2.11. The summed E-state index contributed by atoms with van der Waals surface area (Å²) in [7, 11) is 0. The first kappa shape index (κ1) is 24.4. The zero-order chi connectivity index (χ0) is 23.7. The zero-order valence-electron chi connectivity index (χ0n) is 16.5.